The zero-order valence-corrected chi connectivity index (χ0v) is 11.2. The van der Waals surface area contributed by atoms with Crippen LogP contribution in [0.25, 0.3) is 0 Å². The van der Waals surface area contributed by atoms with Gasteiger partial charge in [0, 0.05) is 22.8 Å². The lowest BCUT2D eigenvalue weighted by Crippen LogP contribution is -2.14. The lowest BCUT2D eigenvalue weighted by molar-refractivity contribution is -0.387. The first kappa shape index (κ1) is 14.1. The predicted molar refractivity (Wildman–Crippen MR) is 69.5 cm³/mol. The van der Waals surface area contributed by atoms with Gasteiger partial charge in [-0.2, -0.15) is 4.39 Å². The van der Waals surface area contributed by atoms with Gasteiger partial charge < -0.3 is 10.3 Å². The molecule has 9 heteroatoms. The minimum absolute atomic E-state index is 0.114. The molecular weight excluding hydrogens is 340 g/mol. The maximum absolute atomic E-state index is 13.5. The number of hydrogen-bond acceptors (Lipinski definition) is 3. The van der Waals surface area contributed by atoms with E-state index in [0.717, 1.165) is 0 Å². The van der Waals surface area contributed by atoms with Crippen molar-refractivity contribution in [3.63, 3.8) is 0 Å². The van der Waals surface area contributed by atoms with E-state index in [-0.39, 0.29) is 5.69 Å². The first-order chi connectivity index (χ1) is 9.38. The molecule has 0 spiro atoms. The Bertz CT molecular complexity index is 702. The first-order valence-electron chi connectivity index (χ1n) is 5.17. The van der Waals surface area contributed by atoms with Crippen LogP contribution < -0.4 is 5.32 Å². The fourth-order valence-corrected chi connectivity index (χ4v) is 1.81. The summed E-state index contributed by atoms with van der Waals surface area (Å²) in [5.74, 6) is -3.13. The number of nitro groups is 1. The number of benzene rings is 1. The molecule has 6 nitrogen and oxygen atoms in total. The lowest BCUT2D eigenvalue weighted by atomic mass is 10.2. The minimum atomic E-state index is -1.31. The zero-order chi connectivity index (χ0) is 14.9. The Balaban J connectivity index is 2.31. The quantitative estimate of drug-likeness (QED) is 0.661. The van der Waals surface area contributed by atoms with Crippen LogP contribution in [0.3, 0.4) is 0 Å². The van der Waals surface area contributed by atoms with Crippen molar-refractivity contribution in [1.82, 2.24) is 4.98 Å². The number of rotatable bonds is 3. The van der Waals surface area contributed by atoms with Crippen molar-refractivity contribution in [1.29, 1.82) is 0 Å². The predicted octanol–water partition coefficient (Wildman–Crippen LogP) is 3.22. The fraction of sp³-hybridized carbons (Fsp3) is 0. The summed E-state index contributed by atoms with van der Waals surface area (Å²) in [5, 5.41) is 12.7. The molecule has 0 aliphatic heterocycles. The minimum Gasteiger partial charge on any atom is -0.356 e. The van der Waals surface area contributed by atoms with Gasteiger partial charge in [0.25, 0.3) is 5.91 Å². The summed E-state index contributed by atoms with van der Waals surface area (Å²) in [6.45, 7) is 0. The van der Waals surface area contributed by atoms with Gasteiger partial charge in [0.2, 0.25) is 5.82 Å². The van der Waals surface area contributed by atoms with E-state index in [1.807, 2.05) is 0 Å². The molecule has 0 fully saturated rings. The Hall–Kier alpha value is -2.29. The molecule has 104 valence electrons. The summed E-state index contributed by atoms with van der Waals surface area (Å²) < 4.78 is 27.2. The summed E-state index contributed by atoms with van der Waals surface area (Å²) in [6.07, 6.45) is 1.48. The van der Waals surface area contributed by atoms with Crippen molar-refractivity contribution in [2.45, 2.75) is 0 Å². The van der Waals surface area contributed by atoms with Gasteiger partial charge in [-0.3, -0.25) is 14.9 Å². The average Bonchev–Trinajstić information content (AvgIpc) is 2.79. The molecule has 0 bridgehead atoms. The molecule has 0 atom stereocenters. The molecule has 0 saturated heterocycles. The molecule has 1 amide bonds. The van der Waals surface area contributed by atoms with Crippen LogP contribution in [0.1, 0.15) is 10.5 Å². The Kier molecular flexibility index (Phi) is 3.79. The fourth-order valence-electron chi connectivity index (χ4n) is 1.46. The van der Waals surface area contributed by atoms with Crippen molar-refractivity contribution < 1.29 is 18.5 Å². The number of halogens is 3. The van der Waals surface area contributed by atoms with Gasteiger partial charge in [-0.25, -0.2) is 4.39 Å². The number of aromatic nitrogens is 1. The molecule has 0 radical (unpaired) electrons. The highest BCUT2D eigenvalue weighted by Gasteiger charge is 2.20. The summed E-state index contributed by atoms with van der Waals surface area (Å²) in [5.41, 5.74) is -1.29. The summed E-state index contributed by atoms with van der Waals surface area (Å²) in [7, 11) is 0. The third-order valence-corrected chi connectivity index (χ3v) is 2.83. The Labute approximate surface area is 119 Å². The Morgan fingerprint density at radius 2 is 2.00 bits per heavy atom. The SMILES string of the molecule is O=C(Nc1cc([N+](=O)[O-])c(F)cc1F)c1cc(Br)c[nH]1. The Morgan fingerprint density at radius 1 is 1.30 bits per heavy atom. The maximum Gasteiger partial charge on any atom is 0.307 e. The smallest absolute Gasteiger partial charge is 0.307 e. The molecule has 0 saturated carbocycles. The van der Waals surface area contributed by atoms with Crippen LogP contribution in [0.4, 0.5) is 20.2 Å². The van der Waals surface area contributed by atoms with E-state index in [2.05, 4.69) is 26.2 Å². The van der Waals surface area contributed by atoms with Gasteiger partial charge >= 0.3 is 5.69 Å². The molecule has 2 N–H and O–H groups in total. The van der Waals surface area contributed by atoms with Crippen LogP contribution in [-0.4, -0.2) is 15.8 Å². The summed E-state index contributed by atoms with van der Waals surface area (Å²) in [6, 6.07) is 2.41. The van der Waals surface area contributed by atoms with Crippen molar-refractivity contribution in [2.24, 2.45) is 0 Å². The van der Waals surface area contributed by atoms with Crippen LogP contribution in [0, 0.1) is 21.7 Å². The third-order valence-electron chi connectivity index (χ3n) is 2.37. The van der Waals surface area contributed by atoms with Gasteiger partial charge in [-0.1, -0.05) is 0 Å². The van der Waals surface area contributed by atoms with Crippen LogP contribution in [-0.2, 0) is 0 Å². The number of amides is 1. The number of H-pyrrole nitrogens is 1. The molecule has 0 unspecified atom stereocenters. The van der Waals surface area contributed by atoms with E-state index in [1.54, 1.807) is 0 Å². The highest BCUT2D eigenvalue weighted by molar-refractivity contribution is 9.10. The van der Waals surface area contributed by atoms with Crippen molar-refractivity contribution in [2.75, 3.05) is 5.32 Å². The highest BCUT2D eigenvalue weighted by Crippen LogP contribution is 2.25. The van der Waals surface area contributed by atoms with Crippen molar-refractivity contribution in [3.8, 4) is 0 Å². The monoisotopic (exact) mass is 345 g/mol. The topological polar surface area (TPSA) is 88.0 Å². The van der Waals surface area contributed by atoms with E-state index in [9.17, 15) is 23.7 Å². The van der Waals surface area contributed by atoms with Crippen molar-refractivity contribution >= 4 is 33.2 Å². The second-order valence-corrected chi connectivity index (χ2v) is 4.64. The number of nitrogens with one attached hydrogen (secondary N) is 2. The van der Waals surface area contributed by atoms with Crippen LogP contribution in [0.5, 0.6) is 0 Å². The third kappa shape index (κ3) is 2.82. The van der Waals surface area contributed by atoms with Crippen LogP contribution >= 0.6 is 15.9 Å². The standard InChI is InChI=1S/C11H6BrF2N3O3/c12-5-1-9(15-4-5)11(18)16-8-3-10(17(19)20)7(14)2-6(8)13/h1-4,15H,(H,16,18). The molecule has 1 aromatic carbocycles. The number of carbonyl (C=O) groups excluding carboxylic acids is 1. The lowest BCUT2D eigenvalue weighted by Gasteiger charge is -2.05. The summed E-state index contributed by atoms with van der Waals surface area (Å²) in [4.78, 5) is 23.9. The largest absolute Gasteiger partial charge is 0.356 e. The average molecular weight is 346 g/mol. The second kappa shape index (κ2) is 5.37. The summed E-state index contributed by atoms with van der Waals surface area (Å²) >= 11 is 3.12. The molecule has 0 aliphatic rings. The van der Waals surface area contributed by atoms with Gasteiger partial charge in [0.1, 0.15) is 11.5 Å². The van der Waals surface area contributed by atoms with Gasteiger partial charge in [-0.05, 0) is 22.0 Å². The number of hydrogen-bond donors (Lipinski definition) is 2. The molecule has 1 heterocycles. The first-order valence-corrected chi connectivity index (χ1v) is 5.96. The molecular formula is C11H6BrF2N3O3. The van der Waals surface area contributed by atoms with E-state index in [0.29, 0.717) is 16.6 Å². The van der Waals surface area contributed by atoms with E-state index in [1.165, 1.54) is 12.3 Å². The maximum atomic E-state index is 13.5. The van der Waals surface area contributed by atoms with Gasteiger partial charge in [0.15, 0.2) is 0 Å². The molecule has 1 aromatic heterocycles. The van der Waals surface area contributed by atoms with Crippen molar-refractivity contribution in [3.05, 3.63) is 56.3 Å². The zero-order valence-electron chi connectivity index (χ0n) is 9.62. The van der Waals surface area contributed by atoms with E-state index >= 15 is 0 Å². The molecule has 2 rings (SSSR count). The number of aromatic amines is 1. The number of nitrogens with zero attached hydrogens (tertiary/aromatic N) is 1. The van der Waals surface area contributed by atoms with Gasteiger partial charge in [-0.15, -0.1) is 0 Å². The normalized spacial score (nSPS) is 10.3. The van der Waals surface area contributed by atoms with Crippen LogP contribution in [0.15, 0.2) is 28.9 Å². The van der Waals surface area contributed by atoms with E-state index < -0.39 is 33.8 Å². The molecule has 2 aromatic rings. The van der Waals surface area contributed by atoms with E-state index in [4.69, 9.17) is 0 Å². The molecule has 20 heavy (non-hydrogen) atoms. The second-order valence-electron chi connectivity index (χ2n) is 3.73. The number of nitro benzene ring substituents is 1. The number of carbonyl (C=O) groups is 1. The van der Waals surface area contributed by atoms with Crippen LogP contribution in [0.2, 0.25) is 0 Å². The van der Waals surface area contributed by atoms with Gasteiger partial charge in [0.05, 0.1) is 10.6 Å². The highest BCUT2D eigenvalue weighted by atomic mass is 79.9. The molecule has 0 aliphatic carbocycles. The Morgan fingerprint density at radius 3 is 2.55 bits per heavy atom. The number of anilines is 1.